The van der Waals surface area contributed by atoms with Gasteiger partial charge in [0.2, 0.25) is 5.91 Å². The highest BCUT2D eigenvalue weighted by atomic mass is 35.5. The van der Waals surface area contributed by atoms with Gasteiger partial charge in [0.25, 0.3) is 0 Å². The van der Waals surface area contributed by atoms with E-state index in [1.807, 2.05) is 36.4 Å². The predicted molar refractivity (Wildman–Crippen MR) is 119 cm³/mol. The maximum atomic E-state index is 13.5. The van der Waals surface area contributed by atoms with Crippen molar-refractivity contribution < 1.29 is 22.7 Å². The van der Waals surface area contributed by atoms with Crippen molar-refractivity contribution in [3.8, 4) is 11.5 Å². The van der Waals surface area contributed by atoms with E-state index in [0.29, 0.717) is 29.5 Å². The van der Waals surface area contributed by atoms with Gasteiger partial charge in [0.05, 0.1) is 25.7 Å². The molecular weight excluding hydrogens is 438 g/mol. The monoisotopic (exact) mass is 463 g/mol. The van der Waals surface area contributed by atoms with Crippen molar-refractivity contribution in [3.63, 3.8) is 0 Å². The first-order valence-electron chi connectivity index (χ1n) is 10.3. The molecule has 1 heterocycles. The average Bonchev–Trinajstić information content (AvgIpc) is 3.48. The molecule has 0 radical (unpaired) electrons. The van der Waals surface area contributed by atoms with Crippen LogP contribution in [0.4, 0.5) is 0 Å². The highest BCUT2D eigenvalue weighted by Crippen LogP contribution is 2.49. The summed E-state index contributed by atoms with van der Waals surface area (Å²) in [7, 11) is 0.0159. The Morgan fingerprint density at radius 3 is 2.42 bits per heavy atom. The second kappa shape index (κ2) is 8.71. The lowest BCUT2D eigenvalue weighted by Gasteiger charge is -2.29. The van der Waals surface area contributed by atoms with Crippen molar-refractivity contribution in [1.29, 1.82) is 0 Å². The first kappa shape index (κ1) is 22.0. The van der Waals surface area contributed by atoms with Crippen molar-refractivity contribution in [2.24, 2.45) is 5.92 Å². The Hall–Kier alpha value is -2.25. The molecule has 166 valence electrons. The number of hydrogen-bond donors (Lipinski definition) is 0. The third kappa shape index (κ3) is 4.83. The van der Waals surface area contributed by atoms with Gasteiger partial charge < -0.3 is 14.4 Å². The van der Waals surface area contributed by atoms with Crippen LogP contribution in [-0.4, -0.2) is 51.0 Å². The molecule has 3 unspecified atom stereocenters. The van der Waals surface area contributed by atoms with E-state index in [0.717, 1.165) is 17.5 Å². The van der Waals surface area contributed by atoms with Gasteiger partial charge in [-0.05, 0) is 54.2 Å². The van der Waals surface area contributed by atoms with Crippen LogP contribution in [0.25, 0.3) is 0 Å². The van der Waals surface area contributed by atoms with Gasteiger partial charge in [0.15, 0.2) is 21.3 Å². The van der Waals surface area contributed by atoms with Crippen LogP contribution >= 0.6 is 11.6 Å². The number of carbonyl (C=O) groups is 1. The van der Waals surface area contributed by atoms with E-state index < -0.39 is 9.84 Å². The molecule has 1 amide bonds. The highest BCUT2D eigenvalue weighted by Gasteiger charge is 2.48. The Morgan fingerprint density at radius 2 is 1.81 bits per heavy atom. The topological polar surface area (TPSA) is 72.9 Å². The van der Waals surface area contributed by atoms with E-state index in [1.165, 1.54) is 0 Å². The lowest BCUT2D eigenvalue weighted by Crippen LogP contribution is -2.41. The second-order valence-electron chi connectivity index (χ2n) is 8.21. The minimum atomic E-state index is -3.12. The molecule has 31 heavy (non-hydrogen) atoms. The van der Waals surface area contributed by atoms with Gasteiger partial charge in [0.1, 0.15) is 0 Å². The van der Waals surface area contributed by atoms with Crippen LogP contribution in [0, 0.1) is 5.92 Å². The molecule has 0 bridgehead atoms. The van der Waals surface area contributed by atoms with Crippen LogP contribution in [0.5, 0.6) is 11.5 Å². The van der Waals surface area contributed by atoms with E-state index in [-0.39, 0.29) is 35.3 Å². The zero-order valence-corrected chi connectivity index (χ0v) is 19.2. The van der Waals surface area contributed by atoms with E-state index >= 15 is 0 Å². The Balaban J connectivity index is 1.56. The number of rotatable bonds is 7. The van der Waals surface area contributed by atoms with Crippen LogP contribution < -0.4 is 9.47 Å². The van der Waals surface area contributed by atoms with E-state index in [4.69, 9.17) is 21.1 Å². The molecule has 2 aromatic rings. The summed E-state index contributed by atoms with van der Waals surface area (Å²) in [5, 5.41) is 0.665. The molecule has 4 rings (SSSR count). The quantitative estimate of drug-likeness (QED) is 0.626. The standard InChI is InChI=1S/C23H26ClNO5S/c1-29-21-8-3-15(11-22(21)30-2)13-25(18-9-10-31(27,28)14-18)23(26)20-12-19(20)16-4-6-17(24)7-5-16/h3-8,11,18-20H,9-10,12-14H2,1-2H3. The molecule has 6 nitrogen and oxygen atoms in total. The van der Waals surface area contributed by atoms with Crippen molar-refractivity contribution in [3.05, 3.63) is 58.6 Å². The largest absolute Gasteiger partial charge is 0.493 e. The van der Waals surface area contributed by atoms with Crippen LogP contribution in [-0.2, 0) is 21.2 Å². The second-order valence-corrected chi connectivity index (χ2v) is 10.9. The number of nitrogens with zero attached hydrogens (tertiary/aromatic N) is 1. The number of halogens is 1. The van der Waals surface area contributed by atoms with Crippen molar-refractivity contribution >= 4 is 27.3 Å². The number of methoxy groups -OCH3 is 2. The molecule has 1 aliphatic heterocycles. The zero-order chi connectivity index (χ0) is 22.2. The number of benzene rings is 2. The normalized spacial score (nSPS) is 23.9. The minimum Gasteiger partial charge on any atom is -0.493 e. The fraction of sp³-hybridized carbons (Fsp3) is 0.435. The van der Waals surface area contributed by atoms with Crippen molar-refractivity contribution in [2.75, 3.05) is 25.7 Å². The number of ether oxygens (including phenoxy) is 2. The van der Waals surface area contributed by atoms with Gasteiger partial charge in [-0.15, -0.1) is 0 Å². The smallest absolute Gasteiger partial charge is 0.226 e. The molecule has 1 saturated carbocycles. The van der Waals surface area contributed by atoms with Crippen LogP contribution in [0.2, 0.25) is 5.02 Å². The maximum Gasteiger partial charge on any atom is 0.226 e. The molecule has 0 spiro atoms. The number of sulfone groups is 1. The maximum absolute atomic E-state index is 13.5. The summed E-state index contributed by atoms with van der Waals surface area (Å²) in [4.78, 5) is 15.2. The van der Waals surface area contributed by atoms with Crippen LogP contribution in [0.15, 0.2) is 42.5 Å². The summed E-state index contributed by atoms with van der Waals surface area (Å²) >= 11 is 5.98. The molecule has 0 N–H and O–H groups in total. The number of amides is 1. The van der Waals surface area contributed by atoms with Gasteiger partial charge in [-0.3, -0.25) is 4.79 Å². The highest BCUT2D eigenvalue weighted by molar-refractivity contribution is 7.91. The molecule has 0 aromatic heterocycles. The van der Waals surface area contributed by atoms with Crippen molar-refractivity contribution in [1.82, 2.24) is 4.90 Å². The lowest BCUT2D eigenvalue weighted by atomic mass is 10.1. The first-order valence-corrected chi connectivity index (χ1v) is 12.5. The van der Waals surface area contributed by atoms with Crippen molar-refractivity contribution in [2.45, 2.75) is 31.3 Å². The summed E-state index contributed by atoms with van der Waals surface area (Å²) in [6.07, 6.45) is 1.24. The van der Waals surface area contributed by atoms with E-state index in [1.54, 1.807) is 25.2 Å². The molecule has 2 aliphatic rings. The molecule has 8 heteroatoms. The summed E-state index contributed by atoms with van der Waals surface area (Å²) in [6, 6.07) is 12.8. The van der Waals surface area contributed by atoms with Gasteiger partial charge in [-0.25, -0.2) is 8.42 Å². The fourth-order valence-electron chi connectivity index (χ4n) is 4.34. The Bertz CT molecular complexity index is 1070. The van der Waals surface area contributed by atoms with Gasteiger partial charge >= 0.3 is 0 Å². The van der Waals surface area contributed by atoms with Gasteiger partial charge in [-0.2, -0.15) is 0 Å². The van der Waals surface area contributed by atoms with Gasteiger partial charge in [-0.1, -0.05) is 29.8 Å². The number of hydrogen-bond acceptors (Lipinski definition) is 5. The summed E-state index contributed by atoms with van der Waals surface area (Å²) in [6.45, 7) is 0.337. The zero-order valence-electron chi connectivity index (χ0n) is 17.6. The lowest BCUT2D eigenvalue weighted by molar-refractivity contribution is -0.135. The molecule has 1 saturated heterocycles. The first-order chi connectivity index (χ1) is 14.8. The molecule has 3 atom stereocenters. The molecular formula is C23H26ClNO5S. The number of carbonyl (C=O) groups excluding carboxylic acids is 1. The van der Waals surface area contributed by atoms with Gasteiger partial charge in [0, 0.05) is 23.5 Å². The predicted octanol–water partition coefficient (Wildman–Crippen LogP) is 3.68. The Morgan fingerprint density at radius 1 is 1.10 bits per heavy atom. The minimum absolute atomic E-state index is 0.0110. The third-order valence-corrected chi connectivity index (χ3v) is 8.14. The SMILES string of the molecule is COc1ccc(CN(C(=O)C2CC2c2ccc(Cl)cc2)C2CCS(=O)(=O)C2)cc1OC. The van der Waals surface area contributed by atoms with E-state index in [9.17, 15) is 13.2 Å². The average molecular weight is 464 g/mol. The molecule has 2 aromatic carbocycles. The summed E-state index contributed by atoms with van der Waals surface area (Å²) in [5.74, 6) is 1.36. The molecule has 1 aliphatic carbocycles. The Kier molecular flexibility index (Phi) is 6.17. The molecule has 2 fully saturated rings. The third-order valence-electron chi connectivity index (χ3n) is 6.14. The van der Waals surface area contributed by atoms with Crippen LogP contribution in [0.1, 0.15) is 29.9 Å². The summed E-state index contributed by atoms with van der Waals surface area (Å²) < 4.78 is 34.9. The summed E-state index contributed by atoms with van der Waals surface area (Å²) in [5.41, 5.74) is 1.96. The van der Waals surface area contributed by atoms with E-state index in [2.05, 4.69) is 0 Å². The van der Waals surface area contributed by atoms with Crippen LogP contribution in [0.3, 0.4) is 0 Å². The Labute approximate surface area is 188 Å². The fourth-order valence-corrected chi connectivity index (χ4v) is 6.20.